The van der Waals surface area contributed by atoms with E-state index in [9.17, 15) is 10.1 Å². The molecule has 5 nitrogen and oxygen atoms in total. The van der Waals surface area contributed by atoms with E-state index in [1.165, 1.54) is 6.42 Å². The molecule has 0 saturated heterocycles. The van der Waals surface area contributed by atoms with Crippen LogP contribution in [0.5, 0.6) is 0 Å². The Morgan fingerprint density at radius 1 is 1.50 bits per heavy atom. The molecule has 1 aromatic carbocycles. The van der Waals surface area contributed by atoms with Gasteiger partial charge in [0, 0.05) is 24.4 Å². The summed E-state index contributed by atoms with van der Waals surface area (Å²) in [5.41, 5.74) is 7.85. The summed E-state index contributed by atoms with van der Waals surface area (Å²) in [6.45, 7) is 4.73. The van der Waals surface area contributed by atoms with Crippen molar-refractivity contribution in [1.82, 2.24) is 0 Å². The van der Waals surface area contributed by atoms with Crippen molar-refractivity contribution in [3.63, 3.8) is 0 Å². The molecule has 20 heavy (non-hydrogen) atoms. The van der Waals surface area contributed by atoms with Crippen LogP contribution in [0.2, 0.25) is 0 Å². The topological polar surface area (TPSA) is 81.2 Å². The summed E-state index contributed by atoms with van der Waals surface area (Å²) in [6.07, 6.45) is 4.56. The maximum Gasteiger partial charge on any atom is 0.271 e. The highest BCUT2D eigenvalue weighted by Gasteiger charge is 2.37. The highest BCUT2D eigenvalue weighted by atomic mass is 16.6. The molecule has 0 bridgehead atoms. The van der Waals surface area contributed by atoms with Crippen LogP contribution in [-0.4, -0.2) is 17.0 Å². The van der Waals surface area contributed by atoms with Gasteiger partial charge in [-0.25, -0.2) is 0 Å². The minimum Gasteiger partial charge on any atom is -0.378 e. The van der Waals surface area contributed by atoms with Crippen LogP contribution in [0, 0.1) is 23.0 Å². The zero-order valence-corrected chi connectivity index (χ0v) is 12.2. The maximum atomic E-state index is 10.9. The molecule has 1 aliphatic rings. The van der Waals surface area contributed by atoms with E-state index in [-0.39, 0.29) is 16.1 Å². The lowest BCUT2D eigenvalue weighted by atomic mass is 9.73. The molecule has 0 radical (unpaired) electrons. The summed E-state index contributed by atoms with van der Waals surface area (Å²) in [7, 11) is 0. The quantitative estimate of drug-likeness (QED) is 0.654. The molecule has 1 saturated carbocycles. The Balaban J connectivity index is 2.31. The van der Waals surface area contributed by atoms with Crippen LogP contribution in [0.1, 0.15) is 38.2 Å². The molecule has 2 rings (SSSR count). The highest BCUT2D eigenvalue weighted by Crippen LogP contribution is 2.37. The average molecular weight is 277 g/mol. The lowest BCUT2D eigenvalue weighted by molar-refractivity contribution is -0.384. The van der Waals surface area contributed by atoms with Crippen molar-refractivity contribution in [3.8, 4) is 0 Å². The van der Waals surface area contributed by atoms with E-state index in [2.05, 4.69) is 12.2 Å². The Labute approximate surface area is 119 Å². The summed E-state index contributed by atoms with van der Waals surface area (Å²) in [4.78, 5) is 10.6. The third-order valence-corrected chi connectivity index (χ3v) is 4.63. The van der Waals surface area contributed by atoms with E-state index < -0.39 is 0 Å². The van der Waals surface area contributed by atoms with Crippen LogP contribution in [0.3, 0.4) is 0 Å². The second kappa shape index (κ2) is 5.79. The summed E-state index contributed by atoms with van der Waals surface area (Å²) in [5, 5.41) is 14.5. The molecule has 0 aliphatic heterocycles. The van der Waals surface area contributed by atoms with Crippen LogP contribution < -0.4 is 11.1 Å². The van der Waals surface area contributed by atoms with Gasteiger partial charge in [-0.2, -0.15) is 0 Å². The molecular formula is C15H23N3O2. The van der Waals surface area contributed by atoms with Crippen molar-refractivity contribution >= 4 is 11.4 Å². The van der Waals surface area contributed by atoms with Crippen molar-refractivity contribution in [3.05, 3.63) is 33.9 Å². The first kappa shape index (κ1) is 14.8. The number of hydrogen-bond donors (Lipinski definition) is 2. The van der Waals surface area contributed by atoms with Crippen molar-refractivity contribution < 1.29 is 4.92 Å². The number of nitrogens with zero attached hydrogens (tertiary/aromatic N) is 1. The van der Waals surface area contributed by atoms with Gasteiger partial charge in [0.25, 0.3) is 5.69 Å². The van der Waals surface area contributed by atoms with E-state index in [1.807, 2.05) is 6.92 Å². The first-order chi connectivity index (χ1) is 9.48. The monoisotopic (exact) mass is 277 g/mol. The van der Waals surface area contributed by atoms with E-state index >= 15 is 0 Å². The van der Waals surface area contributed by atoms with Crippen LogP contribution in [0.4, 0.5) is 11.4 Å². The minimum absolute atomic E-state index is 0.119. The number of anilines is 1. The number of nitro benzene ring substituents is 1. The molecule has 3 N–H and O–H groups in total. The number of rotatable bonds is 4. The largest absolute Gasteiger partial charge is 0.378 e. The first-order valence-electron chi connectivity index (χ1n) is 7.22. The molecule has 2 atom stereocenters. The lowest BCUT2D eigenvalue weighted by Gasteiger charge is -2.43. The molecular weight excluding hydrogens is 254 g/mol. The first-order valence-corrected chi connectivity index (χ1v) is 7.22. The number of hydrogen-bond acceptors (Lipinski definition) is 4. The van der Waals surface area contributed by atoms with Crippen molar-refractivity contribution in [2.24, 2.45) is 11.7 Å². The number of benzene rings is 1. The van der Waals surface area contributed by atoms with Gasteiger partial charge in [-0.1, -0.05) is 25.8 Å². The zero-order chi connectivity index (χ0) is 14.8. The Hall–Kier alpha value is -1.62. The molecule has 0 aromatic heterocycles. The molecule has 0 amide bonds. The van der Waals surface area contributed by atoms with Crippen LogP contribution in [0.15, 0.2) is 18.2 Å². The van der Waals surface area contributed by atoms with Gasteiger partial charge in [0.1, 0.15) is 0 Å². The van der Waals surface area contributed by atoms with Crippen molar-refractivity contribution in [1.29, 1.82) is 0 Å². The predicted molar refractivity (Wildman–Crippen MR) is 80.9 cm³/mol. The van der Waals surface area contributed by atoms with Gasteiger partial charge in [-0.15, -0.1) is 0 Å². The Morgan fingerprint density at radius 3 is 2.85 bits per heavy atom. The number of aryl methyl sites for hydroxylation is 1. The number of nitro groups is 1. The van der Waals surface area contributed by atoms with Crippen LogP contribution in [-0.2, 0) is 0 Å². The number of non-ortho nitro benzene ring substituents is 1. The second-order valence-electron chi connectivity index (χ2n) is 5.89. The van der Waals surface area contributed by atoms with E-state index in [1.54, 1.807) is 18.2 Å². The second-order valence-corrected chi connectivity index (χ2v) is 5.89. The van der Waals surface area contributed by atoms with Gasteiger partial charge in [0.05, 0.1) is 10.5 Å². The highest BCUT2D eigenvalue weighted by molar-refractivity contribution is 5.58. The summed E-state index contributed by atoms with van der Waals surface area (Å²) in [6, 6.07) is 4.95. The minimum atomic E-state index is -0.357. The van der Waals surface area contributed by atoms with Gasteiger partial charge in [-0.3, -0.25) is 10.1 Å². The summed E-state index contributed by atoms with van der Waals surface area (Å²) < 4.78 is 0. The molecule has 5 heteroatoms. The maximum absolute atomic E-state index is 10.9. The summed E-state index contributed by atoms with van der Waals surface area (Å²) in [5.74, 6) is 0.472. The Morgan fingerprint density at radius 2 is 2.25 bits per heavy atom. The van der Waals surface area contributed by atoms with E-state index in [4.69, 9.17) is 5.73 Å². The SMILES string of the molecule is Cc1ccc([N+](=O)[O-])cc1NC1(CN)CCCCC1C. The standard InChI is InChI=1S/C15H23N3O2/c1-11-6-7-13(18(19)20)9-14(11)17-15(10-16)8-4-3-5-12(15)2/h6-7,9,12,17H,3-5,8,10,16H2,1-2H3. The van der Waals surface area contributed by atoms with Gasteiger partial charge >= 0.3 is 0 Å². The van der Waals surface area contributed by atoms with E-state index in [0.29, 0.717) is 12.5 Å². The van der Waals surface area contributed by atoms with Crippen LogP contribution in [0.25, 0.3) is 0 Å². The zero-order valence-electron chi connectivity index (χ0n) is 12.2. The lowest BCUT2D eigenvalue weighted by Crippen LogP contribution is -2.52. The van der Waals surface area contributed by atoms with E-state index in [0.717, 1.165) is 30.5 Å². The third-order valence-electron chi connectivity index (χ3n) is 4.63. The molecule has 2 unspecified atom stereocenters. The molecule has 1 aromatic rings. The fourth-order valence-electron chi connectivity index (χ4n) is 3.08. The van der Waals surface area contributed by atoms with Gasteiger partial charge < -0.3 is 11.1 Å². The van der Waals surface area contributed by atoms with Crippen molar-refractivity contribution in [2.75, 3.05) is 11.9 Å². The fraction of sp³-hybridized carbons (Fsp3) is 0.600. The Kier molecular flexibility index (Phi) is 4.28. The number of nitrogens with two attached hydrogens (primary N) is 1. The summed E-state index contributed by atoms with van der Waals surface area (Å²) >= 11 is 0. The fourth-order valence-corrected chi connectivity index (χ4v) is 3.08. The predicted octanol–water partition coefficient (Wildman–Crippen LogP) is 3.22. The number of nitrogens with one attached hydrogen (secondary N) is 1. The average Bonchev–Trinajstić information content (AvgIpc) is 2.43. The van der Waals surface area contributed by atoms with Gasteiger partial charge in [0.2, 0.25) is 0 Å². The van der Waals surface area contributed by atoms with Crippen LogP contribution >= 0.6 is 0 Å². The molecule has 0 spiro atoms. The Bertz CT molecular complexity index is 504. The molecule has 0 heterocycles. The van der Waals surface area contributed by atoms with Crippen molar-refractivity contribution in [2.45, 2.75) is 45.1 Å². The molecule has 110 valence electrons. The van der Waals surface area contributed by atoms with Gasteiger partial charge in [-0.05, 0) is 31.2 Å². The normalized spacial score (nSPS) is 26.2. The smallest absolute Gasteiger partial charge is 0.271 e. The molecule has 1 aliphatic carbocycles. The molecule has 1 fully saturated rings. The van der Waals surface area contributed by atoms with Gasteiger partial charge in [0.15, 0.2) is 0 Å². The third kappa shape index (κ3) is 2.77.